The lowest BCUT2D eigenvalue weighted by molar-refractivity contribution is -0.704. The van der Waals surface area contributed by atoms with Gasteiger partial charge in [-0.2, -0.15) is 13.5 Å². The number of ether oxygens (including phenoxy) is 1. The number of Topliss-reactive ketones (excluding diaryl/α,β-unsaturated/α-hetero) is 1. The molecule has 0 radical (unpaired) electrons. The Hall–Kier alpha value is -4.03. The number of hydrogen-bond acceptors (Lipinski definition) is 13. The third kappa shape index (κ3) is 8.17. The van der Waals surface area contributed by atoms with E-state index in [9.17, 15) is 18.0 Å². The number of hydroxylamine groups is 2. The number of nitrogen functional groups attached to an aromatic ring is 1. The number of pyridine rings is 2. The van der Waals surface area contributed by atoms with Gasteiger partial charge >= 0.3 is 10.4 Å². The number of ketones is 1. The van der Waals surface area contributed by atoms with Crippen LogP contribution in [0.3, 0.4) is 0 Å². The van der Waals surface area contributed by atoms with Crippen LogP contribution >= 0.6 is 11.3 Å². The molecule has 240 valence electrons. The number of aromatic nitrogens is 3. The molecule has 0 spiro atoms. The van der Waals surface area contributed by atoms with E-state index in [4.69, 9.17) is 19.9 Å². The van der Waals surface area contributed by atoms with Gasteiger partial charge in [-0.15, -0.1) is 15.6 Å². The summed E-state index contributed by atoms with van der Waals surface area (Å²) in [6, 6.07) is 7.92. The molecule has 0 bridgehead atoms. The number of oxime groups is 1. The minimum Gasteiger partial charge on any atom is -0.488 e. The van der Waals surface area contributed by atoms with Crippen LogP contribution in [-0.2, 0) is 42.1 Å². The van der Waals surface area contributed by atoms with Crippen LogP contribution < -0.4 is 20.4 Å². The maximum atomic E-state index is 13.2. The fourth-order valence-electron chi connectivity index (χ4n) is 4.91. The highest BCUT2D eigenvalue weighted by Gasteiger charge is 2.57. The number of thiazole rings is 1. The average molecular weight is 661 g/mol. The van der Waals surface area contributed by atoms with Crippen molar-refractivity contribution in [2.45, 2.75) is 38.8 Å². The lowest BCUT2D eigenvalue weighted by Gasteiger charge is -2.50. The van der Waals surface area contributed by atoms with Gasteiger partial charge < -0.3 is 20.6 Å². The number of nitrogens with one attached hydrogen (secondary N) is 1. The van der Waals surface area contributed by atoms with Crippen LogP contribution in [0.1, 0.15) is 37.2 Å². The first-order valence-corrected chi connectivity index (χ1v) is 16.4. The SMILES string of the molecule is CC1(C)[C@H](CC(=O)/C(=N\OCCOc2ccc(Cc3cc[n+](CC4CNC4)cc3)nc2)c2csc(N)n2)C(=O)N1OS(=O)(=O)O. The first-order valence-electron chi connectivity index (χ1n) is 14.1. The molecule has 1 amide bonds. The van der Waals surface area contributed by atoms with Gasteiger partial charge in [-0.05, 0) is 31.5 Å². The van der Waals surface area contributed by atoms with Crippen molar-refractivity contribution >= 4 is 44.3 Å². The van der Waals surface area contributed by atoms with E-state index < -0.39 is 33.5 Å². The normalized spacial score (nSPS) is 18.3. The standard InChI is InChI=1S/C28H33N7O8S2/c1-28(2)22(26(37)35(28)43-45(38,39)40)12-24(36)25(23-17-44-27(29)32-23)33-42-10-9-41-21-4-3-20(31-15-21)11-18-5-7-34(8-6-18)16-19-13-30-14-19/h3-8,15,17,19,22,30H,9-14,16H2,1-2H3,(H2-,29,32,38,39,40)/p+1/b33-25-/t22-/m1/s1. The smallest absolute Gasteiger partial charge is 0.418 e. The predicted molar refractivity (Wildman–Crippen MR) is 161 cm³/mol. The lowest BCUT2D eigenvalue weighted by Crippen LogP contribution is -2.68. The number of carbonyl (C=O) groups is 2. The van der Waals surface area contributed by atoms with Gasteiger partial charge in [0.15, 0.2) is 42.2 Å². The van der Waals surface area contributed by atoms with Crippen molar-refractivity contribution in [2.75, 3.05) is 32.0 Å². The Kier molecular flexibility index (Phi) is 9.73. The molecule has 0 unspecified atom stereocenters. The third-order valence-electron chi connectivity index (χ3n) is 7.54. The summed E-state index contributed by atoms with van der Waals surface area (Å²) in [5.74, 6) is -1.08. The topological polar surface area (TPSA) is 200 Å². The summed E-state index contributed by atoms with van der Waals surface area (Å²) in [6.45, 7) is 6.24. The molecule has 2 fully saturated rings. The van der Waals surface area contributed by atoms with Crippen molar-refractivity contribution in [3.05, 3.63) is 65.2 Å². The monoisotopic (exact) mass is 660 g/mol. The number of nitrogens with zero attached hydrogens (tertiary/aromatic N) is 5. The van der Waals surface area contributed by atoms with Gasteiger partial charge in [0.05, 0.1) is 17.7 Å². The maximum Gasteiger partial charge on any atom is 0.418 e. The van der Waals surface area contributed by atoms with Crippen LogP contribution in [0.25, 0.3) is 0 Å². The quantitative estimate of drug-likeness (QED) is 0.0522. The molecule has 2 aliphatic heterocycles. The molecular weight excluding hydrogens is 626 g/mol. The molecule has 3 aromatic heterocycles. The summed E-state index contributed by atoms with van der Waals surface area (Å²) < 4.78 is 43.3. The molecule has 0 saturated carbocycles. The van der Waals surface area contributed by atoms with Gasteiger partial charge in [-0.25, -0.2) is 9.55 Å². The average Bonchev–Trinajstić information content (AvgIpc) is 3.40. The number of rotatable bonds is 15. The molecule has 15 nitrogen and oxygen atoms in total. The van der Waals surface area contributed by atoms with Gasteiger partial charge in [-0.1, -0.05) is 5.16 Å². The van der Waals surface area contributed by atoms with Crippen molar-refractivity contribution < 1.29 is 41.0 Å². The minimum atomic E-state index is -4.92. The van der Waals surface area contributed by atoms with Gasteiger partial charge in [0.25, 0.3) is 5.91 Å². The third-order valence-corrected chi connectivity index (χ3v) is 8.55. The fraction of sp³-hybridized carbons (Fsp3) is 0.429. The Labute approximate surface area is 263 Å². The number of nitrogens with two attached hydrogens (primary N) is 1. The molecule has 5 rings (SSSR count). The zero-order chi connectivity index (χ0) is 32.2. The molecule has 2 aliphatic rings. The largest absolute Gasteiger partial charge is 0.488 e. The Morgan fingerprint density at radius 1 is 1.24 bits per heavy atom. The van der Waals surface area contributed by atoms with Crippen LogP contribution in [0.15, 0.2) is 53.4 Å². The Bertz CT molecular complexity index is 1660. The molecule has 0 aliphatic carbocycles. The summed E-state index contributed by atoms with van der Waals surface area (Å²) in [5.41, 5.74) is 6.60. The van der Waals surface area contributed by atoms with Crippen molar-refractivity contribution in [3.8, 4) is 5.75 Å². The van der Waals surface area contributed by atoms with Crippen molar-refractivity contribution in [2.24, 2.45) is 17.0 Å². The van der Waals surface area contributed by atoms with E-state index >= 15 is 0 Å². The molecule has 17 heteroatoms. The maximum absolute atomic E-state index is 13.2. The minimum absolute atomic E-state index is 0.0110. The number of anilines is 1. The van der Waals surface area contributed by atoms with Gasteiger partial charge in [0, 0.05) is 55.1 Å². The van der Waals surface area contributed by atoms with Crippen molar-refractivity contribution in [1.29, 1.82) is 0 Å². The highest BCUT2D eigenvalue weighted by atomic mass is 32.3. The van der Waals surface area contributed by atoms with Gasteiger partial charge in [-0.3, -0.25) is 19.1 Å². The first-order chi connectivity index (χ1) is 21.4. The number of carbonyl (C=O) groups excluding carboxylic acids is 2. The summed E-state index contributed by atoms with van der Waals surface area (Å²) in [7, 11) is -4.92. The highest BCUT2D eigenvalue weighted by Crippen LogP contribution is 2.40. The second-order valence-corrected chi connectivity index (χ2v) is 13.1. The van der Waals surface area contributed by atoms with Crippen LogP contribution in [-0.4, -0.2) is 77.2 Å². The number of hydrogen-bond donors (Lipinski definition) is 3. The highest BCUT2D eigenvalue weighted by molar-refractivity contribution is 7.80. The summed E-state index contributed by atoms with van der Waals surface area (Å²) in [5, 5.41) is 9.49. The van der Waals surface area contributed by atoms with E-state index in [0.29, 0.717) is 23.2 Å². The molecule has 3 aromatic rings. The molecule has 5 heterocycles. The number of β-lactam (4-membered cyclic amide) rings is 1. The zero-order valence-electron chi connectivity index (χ0n) is 24.7. The Morgan fingerprint density at radius 3 is 2.58 bits per heavy atom. The summed E-state index contributed by atoms with van der Waals surface area (Å²) in [4.78, 5) is 39.6. The van der Waals surface area contributed by atoms with Crippen LogP contribution in [0, 0.1) is 11.8 Å². The van der Waals surface area contributed by atoms with E-state index in [1.165, 1.54) is 19.2 Å². The molecule has 0 aromatic carbocycles. The van der Waals surface area contributed by atoms with Crippen molar-refractivity contribution in [1.82, 2.24) is 20.3 Å². The van der Waals surface area contributed by atoms with E-state index in [0.717, 1.165) is 42.2 Å². The second-order valence-electron chi connectivity index (χ2n) is 11.3. The fourth-order valence-corrected chi connectivity index (χ4v) is 5.91. The van der Waals surface area contributed by atoms with E-state index in [-0.39, 0.29) is 36.2 Å². The summed E-state index contributed by atoms with van der Waals surface area (Å²) >= 11 is 1.10. The van der Waals surface area contributed by atoms with Gasteiger partial charge in [0.1, 0.15) is 18.1 Å². The Balaban J connectivity index is 1.11. The number of amides is 1. The lowest BCUT2D eigenvalue weighted by atomic mass is 9.74. The Morgan fingerprint density at radius 2 is 2.00 bits per heavy atom. The van der Waals surface area contributed by atoms with Crippen LogP contribution in [0.2, 0.25) is 0 Å². The van der Waals surface area contributed by atoms with Crippen molar-refractivity contribution in [3.63, 3.8) is 0 Å². The zero-order valence-corrected chi connectivity index (χ0v) is 26.3. The van der Waals surface area contributed by atoms with E-state index in [1.54, 1.807) is 6.20 Å². The molecular formula is C28H34N7O8S2+. The molecule has 1 atom stereocenters. The van der Waals surface area contributed by atoms with Gasteiger partial charge in [0.2, 0.25) is 0 Å². The summed E-state index contributed by atoms with van der Waals surface area (Å²) in [6.07, 6.45) is 6.17. The predicted octanol–water partition coefficient (Wildman–Crippen LogP) is 0.948. The first kappa shape index (κ1) is 32.4. The molecule has 45 heavy (non-hydrogen) atoms. The molecule has 2 saturated heterocycles. The second kappa shape index (κ2) is 13.5. The van der Waals surface area contributed by atoms with Crippen LogP contribution in [0.4, 0.5) is 5.13 Å². The van der Waals surface area contributed by atoms with Crippen LogP contribution in [0.5, 0.6) is 5.75 Å². The molecule has 4 N–H and O–H groups in total. The van der Waals surface area contributed by atoms with E-state index in [1.807, 2.05) is 12.1 Å². The van der Waals surface area contributed by atoms with E-state index in [2.05, 4.69) is 53.8 Å².